The fourth-order valence-electron chi connectivity index (χ4n) is 2.54. The predicted molar refractivity (Wildman–Crippen MR) is 58.7 cm³/mol. The number of rotatable bonds is 4. The summed E-state index contributed by atoms with van der Waals surface area (Å²) in [6, 6.07) is 0. The zero-order valence-corrected chi connectivity index (χ0v) is 10.2. The minimum Gasteiger partial charge on any atom is -0.469 e. The van der Waals surface area contributed by atoms with Gasteiger partial charge in [0.15, 0.2) is 0 Å². The molecule has 1 rings (SSSR count). The van der Waals surface area contributed by atoms with Gasteiger partial charge in [0.2, 0.25) is 0 Å². The number of hydrogen-bond acceptors (Lipinski definition) is 4. The number of methoxy groups -OCH3 is 2. The van der Waals surface area contributed by atoms with Crippen molar-refractivity contribution in [3.8, 4) is 0 Å². The lowest BCUT2D eigenvalue weighted by Crippen LogP contribution is -2.34. The largest absolute Gasteiger partial charge is 0.469 e. The lowest BCUT2D eigenvalue weighted by atomic mass is 9.74. The minimum absolute atomic E-state index is 0.110. The highest BCUT2D eigenvalue weighted by Crippen LogP contribution is 2.45. The molecule has 0 bridgehead atoms. The van der Waals surface area contributed by atoms with Gasteiger partial charge >= 0.3 is 11.9 Å². The van der Waals surface area contributed by atoms with Crippen molar-refractivity contribution >= 4 is 11.9 Å². The lowest BCUT2D eigenvalue weighted by molar-refractivity contribution is -0.156. The quantitative estimate of drug-likeness (QED) is 0.690. The minimum atomic E-state index is -0.368. The van der Waals surface area contributed by atoms with Crippen LogP contribution in [0.5, 0.6) is 0 Å². The standard InChI is InChI=1S/C12H20O4/c1-12(6-4-5-7-12)9(11(14)16-3)8-10(13)15-2/h9H,4-8H2,1-3H3. The van der Waals surface area contributed by atoms with E-state index >= 15 is 0 Å². The van der Waals surface area contributed by atoms with E-state index in [2.05, 4.69) is 11.7 Å². The van der Waals surface area contributed by atoms with Crippen LogP contribution in [0, 0.1) is 11.3 Å². The highest BCUT2D eigenvalue weighted by Gasteiger charge is 2.43. The van der Waals surface area contributed by atoms with Crippen molar-refractivity contribution in [1.82, 2.24) is 0 Å². The molecule has 1 saturated carbocycles. The third-order valence-electron chi connectivity index (χ3n) is 3.67. The third-order valence-corrected chi connectivity index (χ3v) is 3.67. The van der Waals surface area contributed by atoms with Crippen molar-refractivity contribution in [2.24, 2.45) is 11.3 Å². The molecular weight excluding hydrogens is 208 g/mol. The number of ether oxygens (including phenoxy) is 2. The summed E-state index contributed by atoms with van der Waals surface area (Å²) in [5.74, 6) is -1.01. The first-order chi connectivity index (χ1) is 7.53. The SMILES string of the molecule is COC(=O)CC(C(=O)OC)C1(C)CCCC1. The van der Waals surface area contributed by atoms with Crippen LogP contribution in [0.4, 0.5) is 0 Å². The van der Waals surface area contributed by atoms with Crippen LogP contribution < -0.4 is 0 Å². The molecule has 92 valence electrons. The van der Waals surface area contributed by atoms with Crippen molar-refractivity contribution in [1.29, 1.82) is 0 Å². The van der Waals surface area contributed by atoms with Gasteiger partial charge in [-0.1, -0.05) is 19.8 Å². The Bertz CT molecular complexity index is 266. The molecule has 0 aromatic rings. The molecule has 1 fully saturated rings. The molecule has 0 spiro atoms. The van der Waals surface area contributed by atoms with Crippen LogP contribution in [0.3, 0.4) is 0 Å². The first kappa shape index (κ1) is 13.0. The Kier molecular flexibility index (Phi) is 4.33. The highest BCUT2D eigenvalue weighted by molar-refractivity contribution is 5.80. The van der Waals surface area contributed by atoms with Crippen LogP contribution in [0.1, 0.15) is 39.0 Å². The Morgan fingerprint density at radius 1 is 1.19 bits per heavy atom. The van der Waals surface area contributed by atoms with Crippen molar-refractivity contribution in [2.75, 3.05) is 14.2 Å². The number of hydrogen-bond donors (Lipinski definition) is 0. The Morgan fingerprint density at radius 2 is 1.75 bits per heavy atom. The second-order valence-electron chi connectivity index (χ2n) is 4.72. The molecule has 0 aromatic carbocycles. The van der Waals surface area contributed by atoms with E-state index in [1.54, 1.807) is 0 Å². The molecule has 0 aromatic heterocycles. The van der Waals surface area contributed by atoms with E-state index in [4.69, 9.17) is 4.74 Å². The van der Waals surface area contributed by atoms with Gasteiger partial charge in [0.05, 0.1) is 26.6 Å². The lowest BCUT2D eigenvalue weighted by Gasteiger charge is -2.31. The van der Waals surface area contributed by atoms with Gasteiger partial charge in [-0.15, -0.1) is 0 Å². The summed E-state index contributed by atoms with van der Waals surface area (Å²) in [5.41, 5.74) is -0.110. The first-order valence-electron chi connectivity index (χ1n) is 5.68. The highest BCUT2D eigenvalue weighted by atomic mass is 16.5. The number of carbonyl (C=O) groups is 2. The number of carbonyl (C=O) groups excluding carboxylic acids is 2. The Labute approximate surface area is 96.3 Å². The third kappa shape index (κ3) is 2.74. The predicted octanol–water partition coefficient (Wildman–Crippen LogP) is 1.92. The fourth-order valence-corrected chi connectivity index (χ4v) is 2.54. The topological polar surface area (TPSA) is 52.6 Å². The van der Waals surface area contributed by atoms with Gasteiger partial charge in [-0.25, -0.2) is 0 Å². The van der Waals surface area contributed by atoms with Gasteiger partial charge in [0.1, 0.15) is 0 Å². The summed E-state index contributed by atoms with van der Waals surface area (Å²) in [6.45, 7) is 2.06. The zero-order chi connectivity index (χ0) is 12.2. The van der Waals surface area contributed by atoms with E-state index in [9.17, 15) is 9.59 Å². The van der Waals surface area contributed by atoms with Gasteiger partial charge in [-0.05, 0) is 18.3 Å². The molecule has 1 unspecified atom stereocenters. The molecule has 0 saturated heterocycles. The summed E-state index contributed by atoms with van der Waals surface area (Å²) in [4.78, 5) is 23.0. The van der Waals surface area contributed by atoms with Gasteiger partial charge in [0.25, 0.3) is 0 Å². The summed E-state index contributed by atoms with van der Waals surface area (Å²) < 4.78 is 9.42. The van der Waals surface area contributed by atoms with E-state index in [1.807, 2.05) is 0 Å². The molecule has 0 radical (unpaired) electrons. The summed E-state index contributed by atoms with van der Waals surface area (Å²) >= 11 is 0. The van der Waals surface area contributed by atoms with Crippen LogP contribution in [0.2, 0.25) is 0 Å². The molecule has 1 aliphatic carbocycles. The first-order valence-corrected chi connectivity index (χ1v) is 5.68. The van der Waals surface area contributed by atoms with Gasteiger partial charge in [-0.2, -0.15) is 0 Å². The van der Waals surface area contributed by atoms with E-state index < -0.39 is 0 Å². The van der Waals surface area contributed by atoms with Gasteiger partial charge in [-0.3, -0.25) is 9.59 Å². The van der Waals surface area contributed by atoms with Crippen LogP contribution in [0.15, 0.2) is 0 Å². The second-order valence-corrected chi connectivity index (χ2v) is 4.72. The Balaban J connectivity index is 2.78. The molecule has 0 aliphatic heterocycles. The molecule has 4 nitrogen and oxygen atoms in total. The molecule has 0 N–H and O–H groups in total. The average molecular weight is 228 g/mol. The van der Waals surface area contributed by atoms with E-state index in [0.717, 1.165) is 25.7 Å². The maximum Gasteiger partial charge on any atom is 0.309 e. The maximum absolute atomic E-state index is 11.7. The summed E-state index contributed by atoms with van der Waals surface area (Å²) in [7, 11) is 2.71. The second kappa shape index (κ2) is 5.32. The number of esters is 2. The average Bonchev–Trinajstić information content (AvgIpc) is 2.72. The van der Waals surface area contributed by atoms with E-state index in [-0.39, 0.29) is 29.7 Å². The Morgan fingerprint density at radius 3 is 2.19 bits per heavy atom. The van der Waals surface area contributed by atoms with Crippen molar-refractivity contribution in [2.45, 2.75) is 39.0 Å². The molecule has 0 heterocycles. The van der Waals surface area contributed by atoms with Crippen LogP contribution in [-0.4, -0.2) is 26.2 Å². The van der Waals surface area contributed by atoms with Crippen molar-refractivity contribution in [3.05, 3.63) is 0 Å². The smallest absolute Gasteiger partial charge is 0.309 e. The summed E-state index contributed by atoms with van der Waals surface area (Å²) in [5, 5.41) is 0. The molecule has 1 aliphatic rings. The molecule has 0 amide bonds. The van der Waals surface area contributed by atoms with Crippen LogP contribution in [-0.2, 0) is 19.1 Å². The van der Waals surface area contributed by atoms with E-state index in [0.29, 0.717) is 0 Å². The van der Waals surface area contributed by atoms with Crippen molar-refractivity contribution < 1.29 is 19.1 Å². The zero-order valence-electron chi connectivity index (χ0n) is 10.2. The van der Waals surface area contributed by atoms with Gasteiger partial charge < -0.3 is 9.47 Å². The monoisotopic (exact) mass is 228 g/mol. The molecule has 16 heavy (non-hydrogen) atoms. The molecule has 1 atom stereocenters. The summed E-state index contributed by atoms with van der Waals surface area (Å²) in [6.07, 6.45) is 4.31. The van der Waals surface area contributed by atoms with Gasteiger partial charge in [0, 0.05) is 0 Å². The van der Waals surface area contributed by atoms with Crippen LogP contribution in [0.25, 0.3) is 0 Å². The normalized spacial score (nSPS) is 20.2. The fraction of sp³-hybridized carbons (Fsp3) is 0.833. The molecular formula is C12H20O4. The van der Waals surface area contributed by atoms with Crippen molar-refractivity contribution in [3.63, 3.8) is 0 Å². The maximum atomic E-state index is 11.7. The molecule has 4 heteroatoms. The van der Waals surface area contributed by atoms with E-state index in [1.165, 1.54) is 14.2 Å². The van der Waals surface area contributed by atoms with Crippen LogP contribution >= 0.6 is 0 Å². The Hall–Kier alpha value is -1.06.